The topological polar surface area (TPSA) is 83.3 Å². The Balaban J connectivity index is 1.55. The molecule has 2 fully saturated rings. The predicted molar refractivity (Wildman–Crippen MR) is 85.8 cm³/mol. The Labute approximate surface area is 137 Å². The van der Waals surface area contributed by atoms with Gasteiger partial charge in [0.2, 0.25) is 0 Å². The Morgan fingerprint density at radius 2 is 2.22 bits per heavy atom. The predicted octanol–water partition coefficient (Wildman–Crippen LogP) is 1.44. The molecule has 2 unspecified atom stereocenters. The zero-order chi connectivity index (χ0) is 16.4. The first-order valence-corrected chi connectivity index (χ1v) is 8.67. The van der Waals surface area contributed by atoms with Crippen molar-refractivity contribution >= 4 is 6.03 Å². The van der Waals surface area contributed by atoms with Gasteiger partial charge in [-0.15, -0.1) is 0 Å². The van der Waals surface area contributed by atoms with Crippen LogP contribution in [0.4, 0.5) is 4.79 Å². The van der Waals surface area contributed by atoms with Gasteiger partial charge in [0, 0.05) is 19.0 Å². The highest BCUT2D eigenvalue weighted by Gasteiger charge is 2.43. The second-order valence-electron chi connectivity index (χ2n) is 6.82. The van der Waals surface area contributed by atoms with Crippen LogP contribution in [-0.4, -0.2) is 49.7 Å². The van der Waals surface area contributed by atoms with Gasteiger partial charge in [0.15, 0.2) is 0 Å². The molecule has 1 saturated heterocycles. The molecule has 2 amide bonds. The molecule has 23 heavy (non-hydrogen) atoms. The Bertz CT molecular complexity index is 573. The van der Waals surface area contributed by atoms with Crippen LogP contribution in [0.3, 0.4) is 0 Å². The highest BCUT2D eigenvalue weighted by molar-refractivity contribution is 5.74. The largest absolute Gasteiger partial charge is 0.389 e. The lowest BCUT2D eigenvalue weighted by Gasteiger charge is -2.47. The highest BCUT2D eigenvalue weighted by Crippen LogP contribution is 2.39. The first kappa shape index (κ1) is 16.2. The van der Waals surface area contributed by atoms with Crippen LogP contribution in [0.5, 0.6) is 0 Å². The number of aliphatic hydroxyl groups is 1. The number of amides is 2. The average Bonchev–Trinajstić information content (AvgIpc) is 2.92. The first-order valence-electron chi connectivity index (χ1n) is 8.67. The van der Waals surface area contributed by atoms with Crippen molar-refractivity contribution in [2.75, 3.05) is 13.1 Å². The van der Waals surface area contributed by atoms with E-state index in [2.05, 4.69) is 15.5 Å². The summed E-state index contributed by atoms with van der Waals surface area (Å²) in [4.78, 5) is 15.9. The van der Waals surface area contributed by atoms with Gasteiger partial charge < -0.3 is 15.3 Å². The molecule has 0 radical (unpaired) electrons. The number of nitrogens with one attached hydrogen (secondary N) is 1. The van der Waals surface area contributed by atoms with Gasteiger partial charge in [0.05, 0.1) is 24.4 Å². The summed E-state index contributed by atoms with van der Waals surface area (Å²) in [5.74, 6) is 0.221. The van der Waals surface area contributed by atoms with E-state index in [1.54, 1.807) is 4.80 Å². The summed E-state index contributed by atoms with van der Waals surface area (Å²) in [5.41, 5.74) is 1.12. The minimum atomic E-state index is -0.546. The van der Waals surface area contributed by atoms with E-state index in [-0.39, 0.29) is 11.9 Å². The van der Waals surface area contributed by atoms with Gasteiger partial charge in [0.25, 0.3) is 0 Å². The molecule has 3 rings (SSSR count). The van der Waals surface area contributed by atoms with Crippen molar-refractivity contribution in [1.29, 1.82) is 0 Å². The third-order valence-corrected chi connectivity index (χ3v) is 5.32. The van der Waals surface area contributed by atoms with Gasteiger partial charge in [0.1, 0.15) is 5.69 Å². The number of carbonyl (C=O) groups excluding carboxylic acids is 1. The van der Waals surface area contributed by atoms with Crippen LogP contribution in [-0.2, 0) is 13.1 Å². The van der Waals surface area contributed by atoms with Crippen LogP contribution in [0.15, 0.2) is 0 Å². The number of hydrogen-bond donors (Lipinski definition) is 2. The molecular weight excluding hydrogens is 294 g/mol. The van der Waals surface area contributed by atoms with Gasteiger partial charge in [-0.05, 0) is 33.1 Å². The number of likely N-dealkylation sites (tertiary alicyclic amines) is 1. The molecular formula is C16H27N5O2. The van der Waals surface area contributed by atoms with Crippen molar-refractivity contribution < 1.29 is 9.90 Å². The van der Waals surface area contributed by atoms with Crippen LogP contribution in [0.2, 0.25) is 0 Å². The van der Waals surface area contributed by atoms with Crippen molar-refractivity contribution in [1.82, 2.24) is 25.2 Å². The molecule has 0 aromatic carbocycles. The number of nitrogens with zero attached hydrogens (tertiary/aromatic N) is 4. The number of carbonyl (C=O) groups is 1. The number of piperidine rings is 1. The molecule has 2 N–H and O–H groups in total. The second kappa shape index (κ2) is 6.47. The van der Waals surface area contributed by atoms with Crippen LogP contribution in [0.25, 0.3) is 0 Å². The number of rotatable bonds is 3. The van der Waals surface area contributed by atoms with Crippen molar-refractivity contribution in [2.45, 2.75) is 64.6 Å². The monoisotopic (exact) mass is 321 g/mol. The number of aromatic nitrogens is 3. The molecule has 1 aromatic heterocycles. The minimum absolute atomic E-state index is 0.0666. The van der Waals surface area contributed by atoms with Crippen LogP contribution in [0.1, 0.15) is 50.4 Å². The van der Waals surface area contributed by atoms with Gasteiger partial charge in [-0.2, -0.15) is 15.0 Å². The van der Waals surface area contributed by atoms with Crippen molar-refractivity contribution in [3.8, 4) is 0 Å². The quantitative estimate of drug-likeness (QED) is 0.882. The summed E-state index contributed by atoms with van der Waals surface area (Å²) in [6, 6.07) is -0.0666. The van der Waals surface area contributed by atoms with E-state index >= 15 is 0 Å². The smallest absolute Gasteiger partial charge is 0.317 e. The molecule has 1 saturated carbocycles. The number of hydrogen-bond acceptors (Lipinski definition) is 4. The fourth-order valence-corrected chi connectivity index (χ4v) is 3.80. The summed E-state index contributed by atoms with van der Waals surface area (Å²) >= 11 is 0. The molecule has 0 bridgehead atoms. The summed E-state index contributed by atoms with van der Waals surface area (Å²) < 4.78 is 0. The molecule has 1 aliphatic heterocycles. The maximum atomic E-state index is 12.4. The maximum Gasteiger partial charge on any atom is 0.317 e. The molecule has 7 heteroatoms. The average molecular weight is 321 g/mol. The van der Waals surface area contributed by atoms with E-state index in [0.717, 1.165) is 43.6 Å². The Hall–Kier alpha value is -1.63. The normalized spacial score (nSPS) is 27.6. The zero-order valence-electron chi connectivity index (χ0n) is 14.1. The van der Waals surface area contributed by atoms with E-state index in [1.807, 2.05) is 18.7 Å². The van der Waals surface area contributed by atoms with Crippen LogP contribution >= 0.6 is 0 Å². The van der Waals surface area contributed by atoms with E-state index < -0.39 is 5.60 Å². The van der Waals surface area contributed by atoms with Gasteiger partial charge >= 0.3 is 6.03 Å². The lowest BCUT2D eigenvalue weighted by molar-refractivity contribution is -0.0870. The third-order valence-electron chi connectivity index (χ3n) is 5.32. The van der Waals surface area contributed by atoms with Crippen LogP contribution in [0, 0.1) is 12.8 Å². The van der Waals surface area contributed by atoms with E-state index in [0.29, 0.717) is 26.1 Å². The maximum absolute atomic E-state index is 12.4. The fourth-order valence-electron chi connectivity index (χ4n) is 3.80. The van der Waals surface area contributed by atoms with Crippen LogP contribution < -0.4 is 5.32 Å². The summed E-state index contributed by atoms with van der Waals surface area (Å²) in [7, 11) is 0. The first-order chi connectivity index (χ1) is 11.0. The van der Waals surface area contributed by atoms with Gasteiger partial charge in [-0.3, -0.25) is 0 Å². The number of fused-ring (bicyclic) bond motifs is 1. The third kappa shape index (κ3) is 3.34. The Kier molecular flexibility index (Phi) is 4.57. The number of aryl methyl sites for hydroxylation is 2. The van der Waals surface area contributed by atoms with E-state index in [9.17, 15) is 9.90 Å². The molecule has 2 aliphatic rings. The Morgan fingerprint density at radius 3 is 2.96 bits per heavy atom. The molecule has 2 heterocycles. The Morgan fingerprint density at radius 1 is 1.39 bits per heavy atom. The van der Waals surface area contributed by atoms with Crippen molar-refractivity contribution in [2.24, 2.45) is 5.92 Å². The standard InChI is InChI=1S/C16H27N5O2/c1-3-21-18-12(2)14(19-21)10-17-15(22)20-9-8-16(23)7-5-4-6-13(16)11-20/h13,23H,3-11H2,1-2H3,(H,17,22). The SMILES string of the molecule is CCn1nc(C)c(CNC(=O)N2CCC3(O)CCCCC3C2)n1. The molecule has 1 aliphatic carbocycles. The summed E-state index contributed by atoms with van der Waals surface area (Å²) in [6.45, 7) is 6.30. The van der Waals surface area contributed by atoms with Gasteiger partial charge in [-0.25, -0.2) is 4.79 Å². The number of urea groups is 1. The fraction of sp³-hybridized carbons (Fsp3) is 0.812. The molecule has 128 valence electrons. The molecule has 2 atom stereocenters. The molecule has 1 aromatic rings. The molecule has 7 nitrogen and oxygen atoms in total. The molecule has 0 spiro atoms. The summed E-state index contributed by atoms with van der Waals surface area (Å²) in [6.07, 6.45) is 4.85. The minimum Gasteiger partial charge on any atom is -0.389 e. The zero-order valence-corrected chi connectivity index (χ0v) is 14.1. The van der Waals surface area contributed by atoms with E-state index in [1.165, 1.54) is 0 Å². The summed E-state index contributed by atoms with van der Waals surface area (Å²) in [5, 5.41) is 22.3. The highest BCUT2D eigenvalue weighted by atomic mass is 16.3. The lowest BCUT2D eigenvalue weighted by atomic mass is 9.71. The van der Waals surface area contributed by atoms with Crippen molar-refractivity contribution in [3.05, 3.63) is 11.4 Å². The second-order valence-corrected chi connectivity index (χ2v) is 6.82. The lowest BCUT2D eigenvalue weighted by Crippen LogP contribution is -2.56. The van der Waals surface area contributed by atoms with Crippen molar-refractivity contribution in [3.63, 3.8) is 0 Å². The van der Waals surface area contributed by atoms with E-state index in [4.69, 9.17) is 0 Å². The van der Waals surface area contributed by atoms with Gasteiger partial charge in [-0.1, -0.05) is 12.8 Å².